The van der Waals surface area contributed by atoms with E-state index < -0.39 is 0 Å². The third kappa shape index (κ3) is 3.52. The van der Waals surface area contributed by atoms with Crippen LogP contribution in [0.2, 0.25) is 0 Å². The summed E-state index contributed by atoms with van der Waals surface area (Å²) >= 11 is 0. The average molecular weight is 172 g/mol. The minimum atomic E-state index is 0.348. The van der Waals surface area contributed by atoms with Gasteiger partial charge in [-0.1, -0.05) is 0 Å². The molecular weight excluding hydrogens is 152 g/mol. The van der Waals surface area contributed by atoms with Crippen molar-refractivity contribution in [3.63, 3.8) is 0 Å². The third-order valence-electron chi connectivity index (χ3n) is 2.17. The first-order valence-corrected chi connectivity index (χ1v) is 4.78. The van der Waals surface area contributed by atoms with Gasteiger partial charge in [0, 0.05) is 19.1 Å². The highest BCUT2D eigenvalue weighted by atomic mass is 16.5. The first kappa shape index (κ1) is 9.96. The molecule has 3 heteroatoms. The fourth-order valence-electron chi connectivity index (χ4n) is 1.48. The number of hydrogen-bond acceptors (Lipinski definition) is 3. The molecule has 1 aliphatic heterocycles. The van der Waals surface area contributed by atoms with Gasteiger partial charge in [-0.15, -0.1) is 0 Å². The molecule has 2 N–H and O–H groups in total. The van der Waals surface area contributed by atoms with Gasteiger partial charge in [-0.2, -0.15) is 0 Å². The van der Waals surface area contributed by atoms with Crippen LogP contribution in [0.3, 0.4) is 0 Å². The van der Waals surface area contributed by atoms with Crippen LogP contribution in [0, 0.1) is 0 Å². The van der Waals surface area contributed by atoms with Gasteiger partial charge in [0.25, 0.3) is 0 Å². The Kier molecular flexibility index (Phi) is 3.98. The fraction of sp³-hybridized carbons (Fsp3) is 1.00. The molecule has 72 valence electrons. The van der Waals surface area contributed by atoms with Gasteiger partial charge in [0.05, 0.1) is 12.7 Å². The Morgan fingerprint density at radius 3 is 2.83 bits per heavy atom. The van der Waals surface area contributed by atoms with E-state index in [4.69, 9.17) is 10.5 Å². The fourth-order valence-corrected chi connectivity index (χ4v) is 1.48. The lowest BCUT2D eigenvalue weighted by molar-refractivity contribution is 0.0633. The summed E-state index contributed by atoms with van der Waals surface area (Å²) in [5.74, 6) is 0. The minimum Gasteiger partial charge on any atom is -0.377 e. The first-order chi connectivity index (χ1) is 5.68. The van der Waals surface area contributed by atoms with Crippen LogP contribution in [-0.2, 0) is 4.74 Å². The predicted octanol–water partition coefficient (Wildman–Crippen LogP) is 0.444. The molecule has 3 nitrogen and oxygen atoms in total. The molecule has 0 spiro atoms. The van der Waals surface area contributed by atoms with E-state index in [-0.39, 0.29) is 0 Å². The van der Waals surface area contributed by atoms with Crippen molar-refractivity contribution in [1.29, 1.82) is 0 Å². The van der Waals surface area contributed by atoms with Crippen LogP contribution in [0.15, 0.2) is 0 Å². The SMILES string of the molecule is CC(C)OCCN1CC[C@H](N)C1. The molecule has 0 aromatic rings. The summed E-state index contributed by atoms with van der Waals surface area (Å²) in [5.41, 5.74) is 5.77. The van der Waals surface area contributed by atoms with Crippen LogP contribution >= 0.6 is 0 Å². The maximum absolute atomic E-state index is 5.77. The van der Waals surface area contributed by atoms with E-state index in [1.807, 2.05) is 0 Å². The van der Waals surface area contributed by atoms with Crippen molar-refractivity contribution >= 4 is 0 Å². The topological polar surface area (TPSA) is 38.5 Å². The molecule has 1 atom stereocenters. The Morgan fingerprint density at radius 2 is 2.33 bits per heavy atom. The minimum absolute atomic E-state index is 0.348. The molecule has 0 saturated carbocycles. The van der Waals surface area contributed by atoms with E-state index in [1.165, 1.54) is 0 Å². The number of nitrogens with zero attached hydrogens (tertiary/aromatic N) is 1. The summed E-state index contributed by atoms with van der Waals surface area (Å²) in [6.07, 6.45) is 1.49. The van der Waals surface area contributed by atoms with Gasteiger partial charge in [0.15, 0.2) is 0 Å². The molecule has 0 bridgehead atoms. The number of hydrogen-bond donors (Lipinski definition) is 1. The van der Waals surface area contributed by atoms with Crippen molar-refractivity contribution in [2.75, 3.05) is 26.2 Å². The lowest BCUT2D eigenvalue weighted by Gasteiger charge is -2.15. The lowest BCUT2D eigenvalue weighted by atomic mass is 10.3. The van der Waals surface area contributed by atoms with Crippen LogP contribution in [0.4, 0.5) is 0 Å². The van der Waals surface area contributed by atoms with Crippen LogP contribution in [-0.4, -0.2) is 43.3 Å². The van der Waals surface area contributed by atoms with Crippen molar-refractivity contribution < 1.29 is 4.74 Å². The van der Waals surface area contributed by atoms with Crippen LogP contribution in [0.1, 0.15) is 20.3 Å². The second-order valence-corrected chi connectivity index (χ2v) is 3.77. The van der Waals surface area contributed by atoms with Crippen molar-refractivity contribution in [2.45, 2.75) is 32.4 Å². The number of ether oxygens (including phenoxy) is 1. The van der Waals surface area contributed by atoms with Gasteiger partial charge >= 0.3 is 0 Å². The van der Waals surface area contributed by atoms with E-state index in [9.17, 15) is 0 Å². The van der Waals surface area contributed by atoms with E-state index in [0.29, 0.717) is 12.1 Å². The molecule has 0 radical (unpaired) electrons. The van der Waals surface area contributed by atoms with Crippen LogP contribution < -0.4 is 5.73 Å². The third-order valence-corrected chi connectivity index (χ3v) is 2.17. The average Bonchev–Trinajstić information content (AvgIpc) is 2.35. The Morgan fingerprint density at radius 1 is 1.58 bits per heavy atom. The zero-order valence-electron chi connectivity index (χ0n) is 8.12. The zero-order chi connectivity index (χ0) is 8.97. The van der Waals surface area contributed by atoms with E-state index in [1.54, 1.807) is 0 Å². The molecule has 12 heavy (non-hydrogen) atoms. The van der Waals surface area contributed by atoms with Gasteiger partial charge < -0.3 is 10.5 Å². The maximum Gasteiger partial charge on any atom is 0.0596 e. The Bertz CT molecular complexity index is 128. The molecule has 0 unspecified atom stereocenters. The predicted molar refractivity (Wildman–Crippen MR) is 50.1 cm³/mol. The quantitative estimate of drug-likeness (QED) is 0.669. The molecule has 1 heterocycles. The van der Waals surface area contributed by atoms with Crippen molar-refractivity contribution in [2.24, 2.45) is 5.73 Å². The largest absolute Gasteiger partial charge is 0.377 e. The van der Waals surface area contributed by atoms with Crippen molar-refractivity contribution in [1.82, 2.24) is 4.90 Å². The summed E-state index contributed by atoms with van der Waals surface area (Å²) in [6.45, 7) is 8.19. The number of nitrogens with two attached hydrogens (primary N) is 1. The first-order valence-electron chi connectivity index (χ1n) is 4.78. The summed E-state index contributed by atoms with van der Waals surface area (Å²) in [6, 6.07) is 0.393. The maximum atomic E-state index is 5.77. The zero-order valence-corrected chi connectivity index (χ0v) is 8.12. The van der Waals surface area contributed by atoms with E-state index >= 15 is 0 Å². The Hall–Kier alpha value is -0.120. The Balaban J connectivity index is 2.00. The van der Waals surface area contributed by atoms with Crippen LogP contribution in [0.25, 0.3) is 0 Å². The van der Waals surface area contributed by atoms with Crippen molar-refractivity contribution in [3.8, 4) is 0 Å². The molecule has 0 aliphatic carbocycles. The smallest absolute Gasteiger partial charge is 0.0596 e. The molecule has 0 amide bonds. The molecule has 1 fully saturated rings. The second kappa shape index (κ2) is 4.80. The highest BCUT2D eigenvalue weighted by Crippen LogP contribution is 2.05. The van der Waals surface area contributed by atoms with Crippen LogP contribution in [0.5, 0.6) is 0 Å². The molecule has 0 aromatic carbocycles. The van der Waals surface area contributed by atoms with Gasteiger partial charge in [-0.05, 0) is 26.8 Å². The highest BCUT2D eigenvalue weighted by Gasteiger charge is 2.17. The van der Waals surface area contributed by atoms with E-state index in [0.717, 1.165) is 32.7 Å². The molecular formula is C9H20N2O. The summed E-state index contributed by atoms with van der Waals surface area (Å²) < 4.78 is 5.46. The van der Waals surface area contributed by atoms with Gasteiger partial charge in [-0.25, -0.2) is 0 Å². The molecule has 0 aromatic heterocycles. The second-order valence-electron chi connectivity index (χ2n) is 3.77. The monoisotopic (exact) mass is 172 g/mol. The van der Waals surface area contributed by atoms with Gasteiger partial charge in [0.2, 0.25) is 0 Å². The summed E-state index contributed by atoms with van der Waals surface area (Å²) in [4.78, 5) is 2.37. The normalized spacial score (nSPS) is 25.5. The Labute approximate surface area is 74.9 Å². The van der Waals surface area contributed by atoms with E-state index in [2.05, 4.69) is 18.7 Å². The molecule has 1 rings (SSSR count). The molecule has 1 aliphatic rings. The van der Waals surface area contributed by atoms with Crippen molar-refractivity contribution in [3.05, 3.63) is 0 Å². The number of rotatable bonds is 4. The number of likely N-dealkylation sites (tertiary alicyclic amines) is 1. The van der Waals surface area contributed by atoms with Gasteiger partial charge in [-0.3, -0.25) is 4.90 Å². The van der Waals surface area contributed by atoms with Gasteiger partial charge in [0.1, 0.15) is 0 Å². The highest BCUT2D eigenvalue weighted by molar-refractivity contribution is 4.77. The molecule has 1 saturated heterocycles. The lowest BCUT2D eigenvalue weighted by Crippen LogP contribution is -2.29. The summed E-state index contributed by atoms with van der Waals surface area (Å²) in [5, 5.41) is 0. The summed E-state index contributed by atoms with van der Waals surface area (Å²) in [7, 11) is 0. The standard InChI is InChI=1S/C9H20N2O/c1-8(2)12-6-5-11-4-3-9(10)7-11/h8-9H,3-7,10H2,1-2H3/t9-/m0/s1.